The van der Waals surface area contributed by atoms with E-state index in [-0.39, 0.29) is 0 Å². The van der Waals surface area contributed by atoms with Crippen LogP contribution in [0.4, 0.5) is 0 Å². The Kier molecular flexibility index (Phi) is 6.16. The van der Waals surface area contributed by atoms with Gasteiger partial charge < -0.3 is 18.9 Å². The van der Waals surface area contributed by atoms with Gasteiger partial charge in [0.05, 0.1) is 21.3 Å². The number of hydrogen-bond donors (Lipinski definition) is 1. The van der Waals surface area contributed by atoms with Gasteiger partial charge in [-0.05, 0) is 36.8 Å². The van der Waals surface area contributed by atoms with E-state index in [1.807, 2.05) is 58.8 Å². The molecule has 1 atom stereocenters. The van der Waals surface area contributed by atoms with Gasteiger partial charge in [0.2, 0.25) is 4.77 Å². The summed E-state index contributed by atoms with van der Waals surface area (Å²) >= 11 is 5.61. The van der Waals surface area contributed by atoms with Gasteiger partial charge >= 0.3 is 0 Å². The maximum atomic E-state index is 5.61. The number of aromatic nitrogens is 3. The first-order chi connectivity index (χ1) is 13.4. The molecular weight excluding hydrogens is 372 g/mol. The summed E-state index contributed by atoms with van der Waals surface area (Å²) in [5, 5.41) is 4.75. The summed E-state index contributed by atoms with van der Waals surface area (Å²) < 4.78 is 15.4. The molecule has 7 heteroatoms. The van der Waals surface area contributed by atoms with Crippen LogP contribution in [0.3, 0.4) is 0 Å². The summed E-state index contributed by atoms with van der Waals surface area (Å²) in [5.41, 5.74) is 3.44. The van der Waals surface area contributed by atoms with Crippen molar-refractivity contribution < 1.29 is 14.4 Å². The zero-order valence-electron chi connectivity index (χ0n) is 17.0. The van der Waals surface area contributed by atoms with Gasteiger partial charge in [0.25, 0.3) is 0 Å². The molecule has 0 aliphatic carbocycles. The Balaban J connectivity index is 1.81. The summed E-state index contributed by atoms with van der Waals surface area (Å²) in [6, 6.07) is 14.2. The molecule has 0 aliphatic heterocycles. The summed E-state index contributed by atoms with van der Waals surface area (Å²) in [7, 11) is 7.41. The minimum atomic E-state index is 0.674. The lowest BCUT2D eigenvalue weighted by Crippen LogP contribution is -3.07. The van der Waals surface area contributed by atoms with Gasteiger partial charge in [-0.2, -0.15) is 4.68 Å². The van der Waals surface area contributed by atoms with Crippen LogP contribution in [-0.4, -0.2) is 35.6 Å². The van der Waals surface area contributed by atoms with Crippen LogP contribution in [0.1, 0.15) is 11.1 Å². The molecule has 28 heavy (non-hydrogen) atoms. The van der Waals surface area contributed by atoms with Crippen molar-refractivity contribution >= 4 is 12.2 Å². The monoisotopic (exact) mass is 399 g/mol. The molecule has 1 N–H and O–H groups in total. The highest BCUT2D eigenvalue weighted by Gasteiger charge is 2.15. The van der Waals surface area contributed by atoms with Gasteiger partial charge in [-0.25, -0.2) is 0 Å². The second-order valence-corrected chi connectivity index (χ2v) is 7.32. The summed E-state index contributed by atoms with van der Waals surface area (Å²) in [6.45, 7) is 3.59. The highest BCUT2D eigenvalue weighted by Crippen LogP contribution is 2.29. The fourth-order valence-corrected chi connectivity index (χ4v) is 3.47. The number of benzene rings is 2. The van der Waals surface area contributed by atoms with Gasteiger partial charge in [0.15, 0.2) is 24.0 Å². The zero-order valence-corrected chi connectivity index (χ0v) is 17.8. The molecule has 0 radical (unpaired) electrons. The second-order valence-electron chi connectivity index (χ2n) is 6.96. The van der Waals surface area contributed by atoms with Crippen molar-refractivity contribution in [1.29, 1.82) is 0 Å². The Hall–Kier alpha value is -2.64. The van der Waals surface area contributed by atoms with E-state index >= 15 is 0 Å². The number of aryl methyl sites for hydroxylation is 1. The molecule has 3 aromatic rings. The average molecular weight is 400 g/mol. The van der Waals surface area contributed by atoms with Gasteiger partial charge in [-0.15, -0.1) is 5.10 Å². The average Bonchev–Trinajstić information content (AvgIpc) is 2.98. The standard InChI is InChI=1S/C21H26N4O2S/c1-15-11-18(26-4)19(27-5)12-17(15)13-23(2)14-25-21(28)24(3)20(22-25)16-9-7-6-8-10-16/h6-12H,13-14H2,1-5H3/p+1. The van der Waals surface area contributed by atoms with E-state index in [1.54, 1.807) is 14.2 Å². The van der Waals surface area contributed by atoms with Crippen LogP contribution >= 0.6 is 12.2 Å². The lowest BCUT2D eigenvalue weighted by molar-refractivity contribution is -0.917. The lowest BCUT2D eigenvalue weighted by atomic mass is 10.1. The Morgan fingerprint density at radius 3 is 2.36 bits per heavy atom. The number of nitrogens with zero attached hydrogens (tertiary/aromatic N) is 3. The van der Waals surface area contributed by atoms with E-state index in [1.165, 1.54) is 16.0 Å². The summed E-state index contributed by atoms with van der Waals surface area (Å²) in [4.78, 5) is 1.27. The largest absolute Gasteiger partial charge is 0.493 e. The minimum Gasteiger partial charge on any atom is -0.493 e. The molecule has 1 heterocycles. The van der Waals surface area contributed by atoms with Crippen molar-refractivity contribution in [3.8, 4) is 22.9 Å². The predicted octanol–water partition coefficient (Wildman–Crippen LogP) is 2.62. The third-order valence-electron chi connectivity index (χ3n) is 4.83. The third kappa shape index (κ3) is 4.10. The molecule has 0 fully saturated rings. The highest BCUT2D eigenvalue weighted by molar-refractivity contribution is 7.71. The fourth-order valence-electron chi connectivity index (χ4n) is 3.28. The zero-order chi connectivity index (χ0) is 20.3. The Bertz CT molecular complexity index is 1010. The summed E-state index contributed by atoms with van der Waals surface area (Å²) in [6.07, 6.45) is 0. The van der Waals surface area contributed by atoms with E-state index in [2.05, 4.69) is 14.0 Å². The van der Waals surface area contributed by atoms with Crippen molar-refractivity contribution in [2.75, 3.05) is 21.3 Å². The van der Waals surface area contributed by atoms with Crippen molar-refractivity contribution in [2.45, 2.75) is 20.1 Å². The number of quaternary nitrogens is 1. The van der Waals surface area contributed by atoms with Gasteiger partial charge in [0.1, 0.15) is 6.54 Å². The van der Waals surface area contributed by atoms with E-state index in [4.69, 9.17) is 26.8 Å². The lowest BCUT2D eigenvalue weighted by Gasteiger charge is -2.17. The normalized spacial score (nSPS) is 12.0. The van der Waals surface area contributed by atoms with Crippen molar-refractivity contribution in [1.82, 2.24) is 14.3 Å². The maximum absolute atomic E-state index is 5.61. The summed E-state index contributed by atoms with van der Waals surface area (Å²) in [5.74, 6) is 2.37. The van der Waals surface area contributed by atoms with Crippen molar-refractivity contribution in [2.24, 2.45) is 7.05 Å². The molecule has 1 unspecified atom stereocenters. The molecule has 0 spiro atoms. The minimum absolute atomic E-state index is 0.674. The van der Waals surface area contributed by atoms with Gasteiger partial charge in [0, 0.05) is 18.2 Å². The van der Waals surface area contributed by atoms with E-state index in [9.17, 15) is 0 Å². The molecule has 1 aromatic heterocycles. The molecular formula is C21H27N4O2S+. The van der Waals surface area contributed by atoms with Crippen LogP contribution in [0.2, 0.25) is 0 Å². The van der Waals surface area contributed by atoms with Crippen molar-refractivity contribution in [3.63, 3.8) is 0 Å². The van der Waals surface area contributed by atoms with Crippen LogP contribution in [0, 0.1) is 11.7 Å². The van der Waals surface area contributed by atoms with Crippen LogP contribution in [-0.2, 0) is 20.3 Å². The molecule has 0 saturated heterocycles. The SMILES string of the molecule is COc1cc(C)c(C[NH+](C)Cn2nc(-c3ccccc3)n(C)c2=S)cc1OC. The molecule has 0 amide bonds. The smallest absolute Gasteiger partial charge is 0.202 e. The van der Waals surface area contributed by atoms with Gasteiger partial charge in [-0.1, -0.05) is 30.3 Å². The number of ether oxygens (including phenoxy) is 2. The number of rotatable bonds is 7. The molecule has 0 saturated carbocycles. The van der Waals surface area contributed by atoms with E-state index in [0.717, 1.165) is 29.4 Å². The number of methoxy groups -OCH3 is 2. The fraction of sp³-hybridized carbons (Fsp3) is 0.333. The van der Waals surface area contributed by atoms with Gasteiger partial charge in [-0.3, -0.25) is 0 Å². The third-order valence-corrected chi connectivity index (χ3v) is 5.31. The number of hydrogen-bond acceptors (Lipinski definition) is 4. The van der Waals surface area contributed by atoms with E-state index in [0.29, 0.717) is 11.4 Å². The first kappa shape index (κ1) is 20.1. The maximum Gasteiger partial charge on any atom is 0.202 e. The van der Waals surface area contributed by atoms with Crippen LogP contribution in [0.15, 0.2) is 42.5 Å². The first-order valence-electron chi connectivity index (χ1n) is 9.16. The molecule has 3 rings (SSSR count). The quantitative estimate of drug-likeness (QED) is 0.621. The Labute approximate surface area is 170 Å². The molecule has 6 nitrogen and oxygen atoms in total. The Morgan fingerprint density at radius 2 is 1.71 bits per heavy atom. The van der Waals surface area contributed by atoms with Crippen LogP contribution in [0.5, 0.6) is 11.5 Å². The topological polar surface area (TPSA) is 45.7 Å². The molecule has 2 aromatic carbocycles. The van der Waals surface area contributed by atoms with E-state index < -0.39 is 0 Å². The van der Waals surface area contributed by atoms with Crippen LogP contribution in [0.25, 0.3) is 11.4 Å². The first-order valence-corrected chi connectivity index (χ1v) is 9.57. The molecule has 0 bridgehead atoms. The molecule has 148 valence electrons. The van der Waals surface area contributed by atoms with Crippen molar-refractivity contribution in [3.05, 3.63) is 58.4 Å². The highest BCUT2D eigenvalue weighted by atomic mass is 32.1. The number of nitrogens with one attached hydrogen (secondary N) is 1. The second kappa shape index (κ2) is 8.58. The molecule has 0 aliphatic rings. The Morgan fingerprint density at radius 1 is 1.07 bits per heavy atom. The predicted molar refractivity (Wildman–Crippen MR) is 112 cm³/mol. The van der Waals surface area contributed by atoms with Crippen LogP contribution < -0.4 is 14.4 Å².